The zero-order valence-corrected chi connectivity index (χ0v) is 9.67. The molecule has 1 atom stereocenters. The van der Waals surface area contributed by atoms with Crippen LogP contribution < -0.4 is 0 Å². The predicted molar refractivity (Wildman–Crippen MR) is 60.0 cm³/mol. The molecule has 0 aliphatic heterocycles. The normalized spacial score (nSPS) is 12.7. The third-order valence-corrected chi connectivity index (χ3v) is 3.13. The minimum Gasteiger partial charge on any atom is -0.387 e. The summed E-state index contributed by atoms with van der Waals surface area (Å²) in [6.45, 7) is 0. The SMILES string of the molecule is OC(Cc1cc(Cl)ccc1F)c1cnns1. The number of benzene rings is 1. The van der Waals surface area contributed by atoms with Crippen molar-refractivity contribution in [3.05, 3.63) is 45.7 Å². The summed E-state index contributed by atoms with van der Waals surface area (Å²) in [5.41, 5.74) is 0.383. The number of hydrogen-bond donors (Lipinski definition) is 1. The van der Waals surface area contributed by atoms with Gasteiger partial charge >= 0.3 is 0 Å². The molecule has 84 valence electrons. The van der Waals surface area contributed by atoms with E-state index in [1.54, 1.807) is 0 Å². The molecule has 0 saturated heterocycles. The first kappa shape index (κ1) is 11.4. The van der Waals surface area contributed by atoms with Gasteiger partial charge in [0.05, 0.1) is 17.2 Å². The minimum absolute atomic E-state index is 0.163. The van der Waals surface area contributed by atoms with Crippen LogP contribution in [0.1, 0.15) is 16.5 Å². The van der Waals surface area contributed by atoms with Crippen LogP contribution in [0, 0.1) is 5.82 Å². The topological polar surface area (TPSA) is 46.0 Å². The second-order valence-corrected chi connectivity index (χ2v) is 4.53. The monoisotopic (exact) mass is 258 g/mol. The largest absolute Gasteiger partial charge is 0.387 e. The van der Waals surface area contributed by atoms with Crippen LogP contribution in [0.5, 0.6) is 0 Å². The molecule has 1 aromatic heterocycles. The lowest BCUT2D eigenvalue weighted by molar-refractivity contribution is 0.180. The summed E-state index contributed by atoms with van der Waals surface area (Å²) in [5.74, 6) is -0.374. The molecular weight excluding hydrogens is 251 g/mol. The van der Waals surface area contributed by atoms with Crippen molar-refractivity contribution in [1.82, 2.24) is 9.59 Å². The van der Waals surface area contributed by atoms with E-state index in [0.717, 1.165) is 11.5 Å². The van der Waals surface area contributed by atoms with Gasteiger partial charge in [-0.3, -0.25) is 0 Å². The smallest absolute Gasteiger partial charge is 0.126 e. The van der Waals surface area contributed by atoms with Crippen LogP contribution in [0.3, 0.4) is 0 Å². The predicted octanol–water partition coefficient (Wildman–Crippen LogP) is 2.61. The molecule has 2 aromatic rings. The van der Waals surface area contributed by atoms with Gasteiger partial charge in [0, 0.05) is 11.4 Å². The minimum atomic E-state index is -0.798. The van der Waals surface area contributed by atoms with E-state index in [0.29, 0.717) is 15.5 Å². The molecule has 6 heteroatoms. The summed E-state index contributed by atoms with van der Waals surface area (Å²) in [5, 5.41) is 13.9. The lowest BCUT2D eigenvalue weighted by Gasteiger charge is -2.08. The molecule has 0 aliphatic carbocycles. The molecule has 0 aliphatic rings. The Hall–Kier alpha value is -1.04. The van der Waals surface area contributed by atoms with Crippen molar-refractivity contribution in [3.8, 4) is 0 Å². The van der Waals surface area contributed by atoms with Crippen LogP contribution >= 0.6 is 23.1 Å². The van der Waals surface area contributed by atoms with Gasteiger partial charge in [0.25, 0.3) is 0 Å². The zero-order chi connectivity index (χ0) is 11.5. The maximum Gasteiger partial charge on any atom is 0.126 e. The molecule has 0 spiro atoms. The Morgan fingerprint density at radius 3 is 3.00 bits per heavy atom. The third-order valence-electron chi connectivity index (χ3n) is 2.13. The van der Waals surface area contributed by atoms with Crippen molar-refractivity contribution < 1.29 is 9.50 Å². The molecule has 0 radical (unpaired) electrons. The maximum atomic E-state index is 13.4. The molecule has 2 rings (SSSR count). The average molecular weight is 259 g/mol. The first-order valence-electron chi connectivity index (χ1n) is 4.56. The Balaban J connectivity index is 2.17. The van der Waals surface area contributed by atoms with Gasteiger partial charge in [-0.2, -0.15) is 0 Å². The molecule has 0 saturated carbocycles. The van der Waals surface area contributed by atoms with Crippen molar-refractivity contribution in [3.63, 3.8) is 0 Å². The lowest BCUT2D eigenvalue weighted by Crippen LogP contribution is -2.01. The Kier molecular flexibility index (Phi) is 3.48. The van der Waals surface area contributed by atoms with Crippen LogP contribution in [0.25, 0.3) is 0 Å². The quantitative estimate of drug-likeness (QED) is 0.921. The van der Waals surface area contributed by atoms with E-state index >= 15 is 0 Å². The van der Waals surface area contributed by atoms with E-state index in [-0.39, 0.29) is 12.2 Å². The number of aliphatic hydroxyl groups excluding tert-OH is 1. The van der Waals surface area contributed by atoms with Crippen molar-refractivity contribution in [1.29, 1.82) is 0 Å². The first-order chi connectivity index (χ1) is 7.66. The van der Waals surface area contributed by atoms with E-state index in [9.17, 15) is 9.50 Å². The van der Waals surface area contributed by atoms with Crippen LogP contribution in [0.4, 0.5) is 4.39 Å². The summed E-state index contributed by atoms with van der Waals surface area (Å²) in [7, 11) is 0. The standard InChI is InChI=1S/C10H8ClFN2OS/c11-7-1-2-8(12)6(3-7)4-9(15)10-5-13-14-16-10/h1-3,5,9,15H,4H2. The summed E-state index contributed by atoms with van der Waals surface area (Å²) >= 11 is 6.85. The number of aromatic nitrogens is 2. The van der Waals surface area contributed by atoms with Gasteiger partial charge in [-0.05, 0) is 35.3 Å². The summed E-state index contributed by atoms with van der Waals surface area (Å²) in [6.07, 6.45) is 0.835. The molecule has 1 unspecified atom stereocenters. The summed E-state index contributed by atoms with van der Waals surface area (Å²) in [6, 6.07) is 4.27. The second kappa shape index (κ2) is 4.86. The second-order valence-electron chi connectivity index (χ2n) is 3.28. The van der Waals surface area contributed by atoms with Gasteiger partial charge in [-0.1, -0.05) is 16.1 Å². The third kappa shape index (κ3) is 2.55. The van der Waals surface area contributed by atoms with Crippen LogP contribution in [0.2, 0.25) is 5.02 Å². The van der Waals surface area contributed by atoms with E-state index < -0.39 is 6.10 Å². The number of halogens is 2. The molecular formula is C10H8ClFN2OS. The lowest BCUT2D eigenvalue weighted by atomic mass is 10.1. The van der Waals surface area contributed by atoms with E-state index in [2.05, 4.69) is 9.59 Å². The fourth-order valence-corrected chi connectivity index (χ4v) is 2.01. The first-order valence-corrected chi connectivity index (χ1v) is 5.71. The molecule has 1 N–H and O–H groups in total. The average Bonchev–Trinajstić information content (AvgIpc) is 2.76. The Labute approximate surface area is 101 Å². The highest BCUT2D eigenvalue weighted by Gasteiger charge is 2.14. The molecule has 0 bridgehead atoms. The molecule has 1 heterocycles. The van der Waals surface area contributed by atoms with Gasteiger partial charge in [0.15, 0.2) is 0 Å². The van der Waals surface area contributed by atoms with E-state index in [4.69, 9.17) is 11.6 Å². The van der Waals surface area contributed by atoms with Crippen LogP contribution in [-0.4, -0.2) is 14.7 Å². The summed E-state index contributed by atoms with van der Waals surface area (Å²) in [4.78, 5) is 0.611. The van der Waals surface area contributed by atoms with E-state index in [1.165, 1.54) is 24.4 Å². The fourth-order valence-electron chi connectivity index (χ4n) is 1.33. The molecule has 1 aromatic carbocycles. The van der Waals surface area contributed by atoms with Gasteiger partial charge in [-0.15, -0.1) is 5.10 Å². The van der Waals surface area contributed by atoms with Crippen molar-refractivity contribution in [2.24, 2.45) is 0 Å². The van der Waals surface area contributed by atoms with Gasteiger partial charge < -0.3 is 5.11 Å². The molecule has 0 amide bonds. The van der Waals surface area contributed by atoms with Gasteiger partial charge in [-0.25, -0.2) is 4.39 Å². The van der Waals surface area contributed by atoms with Crippen molar-refractivity contribution in [2.75, 3.05) is 0 Å². The van der Waals surface area contributed by atoms with Crippen LogP contribution in [0.15, 0.2) is 24.4 Å². The number of hydrogen-bond acceptors (Lipinski definition) is 4. The molecule has 16 heavy (non-hydrogen) atoms. The Bertz CT molecular complexity index is 478. The number of nitrogens with zero attached hydrogens (tertiary/aromatic N) is 2. The fraction of sp³-hybridized carbons (Fsp3) is 0.200. The number of aliphatic hydroxyl groups is 1. The highest BCUT2D eigenvalue weighted by molar-refractivity contribution is 7.05. The highest BCUT2D eigenvalue weighted by atomic mass is 35.5. The van der Waals surface area contributed by atoms with Crippen molar-refractivity contribution >= 4 is 23.1 Å². The van der Waals surface area contributed by atoms with E-state index in [1.807, 2.05) is 0 Å². The van der Waals surface area contributed by atoms with Gasteiger partial charge in [0.2, 0.25) is 0 Å². The highest BCUT2D eigenvalue weighted by Crippen LogP contribution is 2.23. The maximum absolute atomic E-state index is 13.4. The summed E-state index contributed by atoms with van der Waals surface area (Å²) < 4.78 is 17.0. The van der Waals surface area contributed by atoms with Gasteiger partial charge in [0.1, 0.15) is 5.82 Å². The number of rotatable bonds is 3. The Morgan fingerprint density at radius 2 is 2.31 bits per heavy atom. The Morgan fingerprint density at radius 1 is 1.50 bits per heavy atom. The zero-order valence-electron chi connectivity index (χ0n) is 8.10. The molecule has 3 nitrogen and oxygen atoms in total. The van der Waals surface area contributed by atoms with Crippen LogP contribution in [-0.2, 0) is 6.42 Å². The molecule has 0 fully saturated rings. The van der Waals surface area contributed by atoms with Crippen molar-refractivity contribution in [2.45, 2.75) is 12.5 Å².